The highest BCUT2D eigenvalue weighted by Crippen LogP contribution is 1.97. The van der Waals surface area contributed by atoms with Crippen molar-refractivity contribution in [1.29, 1.82) is 5.41 Å². The quantitative estimate of drug-likeness (QED) is 0.209. The van der Waals surface area contributed by atoms with Gasteiger partial charge in [0.15, 0.2) is 5.96 Å². The zero-order chi connectivity index (χ0) is 10.3. The van der Waals surface area contributed by atoms with Crippen LogP contribution in [0.15, 0.2) is 0 Å². The molecule has 0 aromatic heterocycles. The van der Waals surface area contributed by atoms with E-state index >= 15 is 0 Å². The summed E-state index contributed by atoms with van der Waals surface area (Å²) in [5.74, 6) is -0.959. The molecule has 0 aliphatic carbocycles. The summed E-state index contributed by atoms with van der Waals surface area (Å²) < 4.78 is 0. The van der Waals surface area contributed by atoms with Crippen molar-refractivity contribution in [3.05, 3.63) is 0 Å². The summed E-state index contributed by atoms with van der Waals surface area (Å²) in [5, 5.41) is 17.8. The smallest absolute Gasteiger partial charge is 0.304 e. The maximum atomic E-state index is 10.2. The maximum Gasteiger partial charge on any atom is 0.304 e. The van der Waals surface area contributed by atoms with E-state index in [1.165, 1.54) is 0 Å². The van der Waals surface area contributed by atoms with Gasteiger partial charge in [0, 0.05) is 12.6 Å². The molecule has 0 amide bonds. The Morgan fingerprint density at radius 3 is 2.69 bits per heavy atom. The SMILES string of the molecule is N=C(N)NCCC[C@@H](N)CC(=O)O. The van der Waals surface area contributed by atoms with E-state index in [1.54, 1.807) is 0 Å². The summed E-state index contributed by atoms with van der Waals surface area (Å²) in [6.45, 7) is 0.558. The molecule has 0 fully saturated rings. The molecule has 0 bridgehead atoms. The van der Waals surface area contributed by atoms with Gasteiger partial charge in [0.05, 0.1) is 6.42 Å². The Kier molecular flexibility index (Phi) is 5.62. The van der Waals surface area contributed by atoms with E-state index in [2.05, 4.69) is 5.32 Å². The minimum absolute atomic E-state index is 0.0138. The number of guanidine groups is 1. The summed E-state index contributed by atoms with van der Waals surface area (Å²) in [5.41, 5.74) is 10.5. The van der Waals surface area contributed by atoms with Crippen molar-refractivity contribution in [2.45, 2.75) is 25.3 Å². The lowest BCUT2D eigenvalue weighted by Gasteiger charge is -2.08. The zero-order valence-corrected chi connectivity index (χ0v) is 7.42. The summed E-state index contributed by atoms with van der Waals surface area (Å²) >= 11 is 0. The number of rotatable bonds is 6. The average Bonchev–Trinajstić information content (AvgIpc) is 1.96. The number of carboxylic acid groups (broad SMARTS) is 1. The number of hydrogen-bond donors (Lipinski definition) is 5. The Morgan fingerprint density at radius 1 is 1.62 bits per heavy atom. The number of nitrogens with two attached hydrogens (primary N) is 2. The topological polar surface area (TPSA) is 125 Å². The molecule has 0 aliphatic heterocycles. The third-order valence-corrected chi connectivity index (χ3v) is 1.50. The van der Waals surface area contributed by atoms with Crippen LogP contribution in [0.5, 0.6) is 0 Å². The van der Waals surface area contributed by atoms with Gasteiger partial charge >= 0.3 is 5.97 Å². The molecule has 0 spiro atoms. The monoisotopic (exact) mass is 188 g/mol. The predicted molar refractivity (Wildman–Crippen MR) is 49.4 cm³/mol. The van der Waals surface area contributed by atoms with E-state index in [4.69, 9.17) is 22.0 Å². The van der Waals surface area contributed by atoms with Crippen LogP contribution >= 0.6 is 0 Å². The normalized spacial score (nSPS) is 12.1. The molecule has 0 saturated heterocycles. The molecular weight excluding hydrogens is 172 g/mol. The van der Waals surface area contributed by atoms with E-state index < -0.39 is 5.97 Å². The number of carboxylic acids is 1. The molecule has 0 aromatic rings. The number of hydrogen-bond acceptors (Lipinski definition) is 3. The van der Waals surface area contributed by atoms with Crippen molar-refractivity contribution in [2.75, 3.05) is 6.54 Å². The summed E-state index contributed by atoms with van der Waals surface area (Å²) in [6, 6.07) is -0.314. The second-order valence-electron chi connectivity index (χ2n) is 2.84. The van der Waals surface area contributed by atoms with Crippen LogP contribution in [-0.4, -0.2) is 29.6 Å². The lowest BCUT2D eigenvalue weighted by molar-refractivity contribution is -0.137. The maximum absolute atomic E-state index is 10.2. The third kappa shape index (κ3) is 8.61. The molecule has 0 aromatic carbocycles. The first-order valence-corrected chi connectivity index (χ1v) is 4.07. The van der Waals surface area contributed by atoms with E-state index in [1.807, 2.05) is 0 Å². The highest BCUT2D eigenvalue weighted by molar-refractivity contribution is 5.74. The first-order chi connectivity index (χ1) is 6.02. The first kappa shape index (κ1) is 11.7. The molecule has 76 valence electrons. The van der Waals surface area contributed by atoms with Crippen LogP contribution in [0.25, 0.3) is 0 Å². The Bertz CT molecular complexity index is 183. The molecule has 0 unspecified atom stereocenters. The van der Waals surface area contributed by atoms with Gasteiger partial charge in [-0.1, -0.05) is 0 Å². The zero-order valence-electron chi connectivity index (χ0n) is 7.42. The summed E-state index contributed by atoms with van der Waals surface area (Å²) in [6.07, 6.45) is 1.32. The van der Waals surface area contributed by atoms with Crippen LogP contribution < -0.4 is 16.8 Å². The standard InChI is InChI=1S/C7H16N4O2/c8-5(4-6(12)13)2-1-3-11-7(9)10/h5H,1-4,8H2,(H,12,13)(H4,9,10,11)/t5-/m1/s1. The molecule has 0 rings (SSSR count). The molecule has 0 radical (unpaired) electrons. The molecule has 6 nitrogen and oxygen atoms in total. The molecule has 0 heterocycles. The molecule has 13 heavy (non-hydrogen) atoms. The molecule has 1 atom stereocenters. The fraction of sp³-hybridized carbons (Fsp3) is 0.714. The van der Waals surface area contributed by atoms with Gasteiger partial charge in [-0.2, -0.15) is 0 Å². The highest BCUT2D eigenvalue weighted by Gasteiger charge is 2.06. The lowest BCUT2D eigenvalue weighted by Crippen LogP contribution is -2.32. The van der Waals surface area contributed by atoms with Gasteiger partial charge in [0.2, 0.25) is 0 Å². The molecular formula is C7H16N4O2. The number of nitrogens with one attached hydrogen (secondary N) is 2. The summed E-state index contributed by atoms with van der Waals surface area (Å²) in [7, 11) is 0. The number of aliphatic carboxylic acids is 1. The summed E-state index contributed by atoms with van der Waals surface area (Å²) in [4.78, 5) is 10.2. The fourth-order valence-electron chi connectivity index (χ4n) is 0.914. The largest absolute Gasteiger partial charge is 0.481 e. The Hall–Kier alpha value is -1.30. The Balaban J connectivity index is 3.31. The van der Waals surface area contributed by atoms with Gasteiger partial charge in [-0.05, 0) is 12.8 Å². The van der Waals surface area contributed by atoms with Gasteiger partial charge in [-0.25, -0.2) is 0 Å². The van der Waals surface area contributed by atoms with Crippen molar-refractivity contribution < 1.29 is 9.90 Å². The minimum atomic E-state index is -0.882. The van der Waals surface area contributed by atoms with Gasteiger partial charge < -0.3 is 21.9 Å². The van der Waals surface area contributed by atoms with Crippen LogP contribution in [0, 0.1) is 5.41 Å². The van der Waals surface area contributed by atoms with Gasteiger partial charge in [-0.15, -0.1) is 0 Å². The van der Waals surface area contributed by atoms with Crippen molar-refractivity contribution in [1.82, 2.24) is 5.32 Å². The molecule has 0 saturated carbocycles. The van der Waals surface area contributed by atoms with Crippen molar-refractivity contribution in [3.63, 3.8) is 0 Å². The average molecular weight is 188 g/mol. The van der Waals surface area contributed by atoms with Gasteiger partial charge in [0.1, 0.15) is 0 Å². The minimum Gasteiger partial charge on any atom is -0.481 e. The Labute approximate surface area is 76.8 Å². The van der Waals surface area contributed by atoms with Crippen LogP contribution in [0.4, 0.5) is 0 Å². The lowest BCUT2D eigenvalue weighted by atomic mass is 10.1. The van der Waals surface area contributed by atoms with E-state index in [-0.39, 0.29) is 18.4 Å². The molecule has 7 N–H and O–H groups in total. The van der Waals surface area contributed by atoms with Crippen LogP contribution in [0.2, 0.25) is 0 Å². The van der Waals surface area contributed by atoms with E-state index in [9.17, 15) is 4.79 Å². The second-order valence-corrected chi connectivity index (χ2v) is 2.84. The number of carbonyl (C=O) groups is 1. The molecule has 0 aliphatic rings. The third-order valence-electron chi connectivity index (χ3n) is 1.50. The predicted octanol–water partition coefficient (Wildman–Crippen LogP) is -0.948. The van der Waals surface area contributed by atoms with Crippen LogP contribution in [0.3, 0.4) is 0 Å². The van der Waals surface area contributed by atoms with Gasteiger partial charge in [-0.3, -0.25) is 10.2 Å². The van der Waals surface area contributed by atoms with E-state index in [0.29, 0.717) is 19.4 Å². The van der Waals surface area contributed by atoms with Crippen molar-refractivity contribution in [3.8, 4) is 0 Å². The second kappa shape index (κ2) is 6.24. The fourth-order valence-corrected chi connectivity index (χ4v) is 0.914. The van der Waals surface area contributed by atoms with Crippen molar-refractivity contribution in [2.24, 2.45) is 11.5 Å². The van der Waals surface area contributed by atoms with Crippen molar-refractivity contribution >= 4 is 11.9 Å². The Morgan fingerprint density at radius 2 is 2.23 bits per heavy atom. The van der Waals surface area contributed by atoms with E-state index in [0.717, 1.165) is 0 Å². The van der Waals surface area contributed by atoms with Gasteiger partial charge in [0.25, 0.3) is 0 Å². The first-order valence-electron chi connectivity index (χ1n) is 4.07. The molecule has 6 heteroatoms. The van der Waals surface area contributed by atoms with Crippen LogP contribution in [-0.2, 0) is 4.79 Å². The highest BCUT2D eigenvalue weighted by atomic mass is 16.4. The van der Waals surface area contributed by atoms with Crippen LogP contribution in [0.1, 0.15) is 19.3 Å².